The molecule has 36 heavy (non-hydrogen) atoms. The molecule has 4 nitrogen and oxygen atoms in total. The molecule has 0 unspecified atom stereocenters. The van der Waals surface area contributed by atoms with Gasteiger partial charge in [-0.15, -0.1) is 0 Å². The number of fused-ring (bicyclic) bond motifs is 2. The average Bonchev–Trinajstić information content (AvgIpc) is 2.90. The van der Waals surface area contributed by atoms with Crippen molar-refractivity contribution >= 4 is 0 Å². The maximum atomic E-state index is 6.78. The second-order valence-corrected chi connectivity index (χ2v) is 10.1. The van der Waals surface area contributed by atoms with Crippen LogP contribution in [0.2, 0.25) is 0 Å². The zero-order valence-corrected chi connectivity index (χ0v) is 20.3. The van der Waals surface area contributed by atoms with Crippen LogP contribution in [0.25, 0.3) is 0 Å². The largest absolute Gasteiger partial charge is 0.457 e. The van der Waals surface area contributed by atoms with Crippen molar-refractivity contribution < 1.29 is 9.47 Å². The standard InChI is InChI=1S/C32H30N2O2/c1-4-22-18-25(6-1)35-24-12-10-21(11-13-24)19-28-26-7-3-8-30(27(26)15-17-33-28)36-31-9-2-5-23-14-16-34-29(20-22)32(23)31/h1-13,18,28-29,33-34H,14-17,19-20H2/t28-,29-/m0/s1. The van der Waals surface area contributed by atoms with Crippen LogP contribution in [-0.2, 0) is 25.7 Å². The lowest BCUT2D eigenvalue weighted by Crippen LogP contribution is -2.32. The predicted octanol–water partition coefficient (Wildman–Crippen LogP) is 6.44. The van der Waals surface area contributed by atoms with E-state index in [-0.39, 0.29) is 12.1 Å². The molecule has 8 bridgehead atoms. The van der Waals surface area contributed by atoms with E-state index in [4.69, 9.17) is 9.47 Å². The molecule has 0 spiro atoms. The summed E-state index contributed by atoms with van der Waals surface area (Å²) in [6.07, 6.45) is 3.79. The summed E-state index contributed by atoms with van der Waals surface area (Å²) in [5.41, 5.74) is 7.87. The van der Waals surface area contributed by atoms with E-state index >= 15 is 0 Å². The Bertz CT molecular complexity index is 1410. The number of benzene rings is 4. The summed E-state index contributed by atoms with van der Waals surface area (Å²) in [5, 5.41) is 7.50. The Hall–Kier alpha value is -3.60. The van der Waals surface area contributed by atoms with Crippen LogP contribution in [0, 0.1) is 0 Å². The molecule has 4 aliphatic heterocycles. The van der Waals surface area contributed by atoms with Gasteiger partial charge in [0.1, 0.15) is 23.0 Å². The molecule has 0 aromatic heterocycles. The lowest BCUT2D eigenvalue weighted by atomic mass is 9.88. The van der Waals surface area contributed by atoms with Crippen molar-refractivity contribution in [1.29, 1.82) is 0 Å². The second-order valence-electron chi connectivity index (χ2n) is 10.1. The van der Waals surface area contributed by atoms with Gasteiger partial charge in [0.2, 0.25) is 0 Å². The smallest absolute Gasteiger partial charge is 0.132 e. The summed E-state index contributed by atoms with van der Waals surface area (Å²) < 4.78 is 13.0. The lowest BCUT2D eigenvalue weighted by molar-refractivity contribution is 0.425. The van der Waals surface area contributed by atoms with Gasteiger partial charge in [0.05, 0.1) is 0 Å². The van der Waals surface area contributed by atoms with E-state index in [0.29, 0.717) is 0 Å². The molecule has 4 aromatic carbocycles. The molecular weight excluding hydrogens is 444 g/mol. The van der Waals surface area contributed by atoms with Crippen molar-refractivity contribution in [2.24, 2.45) is 0 Å². The van der Waals surface area contributed by atoms with Gasteiger partial charge in [-0.25, -0.2) is 0 Å². The van der Waals surface area contributed by atoms with Gasteiger partial charge in [0.25, 0.3) is 0 Å². The van der Waals surface area contributed by atoms with E-state index in [2.05, 4.69) is 89.5 Å². The molecule has 8 rings (SSSR count). The molecule has 2 N–H and O–H groups in total. The average molecular weight is 475 g/mol. The molecule has 180 valence electrons. The molecule has 4 heterocycles. The number of ether oxygens (including phenoxy) is 2. The van der Waals surface area contributed by atoms with Crippen LogP contribution in [0.5, 0.6) is 23.0 Å². The Morgan fingerprint density at radius 3 is 2.33 bits per heavy atom. The minimum atomic E-state index is 0.187. The monoisotopic (exact) mass is 474 g/mol. The van der Waals surface area contributed by atoms with Gasteiger partial charge in [-0.1, -0.05) is 48.5 Å². The molecule has 0 saturated heterocycles. The van der Waals surface area contributed by atoms with Gasteiger partial charge in [0.15, 0.2) is 0 Å². The normalized spacial score (nSPS) is 20.3. The highest BCUT2D eigenvalue weighted by Gasteiger charge is 2.27. The highest BCUT2D eigenvalue weighted by molar-refractivity contribution is 5.51. The summed E-state index contributed by atoms with van der Waals surface area (Å²) >= 11 is 0. The van der Waals surface area contributed by atoms with E-state index < -0.39 is 0 Å². The fourth-order valence-corrected chi connectivity index (χ4v) is 6.04. The van der Waals surface area contributed by atoms with Crippen molar-refractivity contribution in [2.45, 2.75) is 37.8 Å². The van der Waals surface area contributed by atoms with Crippen LogP contribution >= 0.6 is 0 Å². The van der Waals surface area contributed by atoms with Gasteiger partial charge in [-0.2, -0.15) is 0 Å². The molecule has 4 heteroatoms. The number of nitrogens with one attached hydrogen (secondary N) is 2. The minimum absolute atomic E-state index is 0.187. The van der Waals surface area contributed by atoms with Crippen LogP contribution in [0.3, 0.4) is 0 Å². The van der Waals surface area contributed by atoms with Crippen molar-refractivity contribution in [1.82, 2.24) is 10.6 Å². The first-order valence-electron chi connectivity index (χ1n) is 13.0. The quantitative estimate of drug-likeness (QED) is 0.308. The van der Waals surface area contributed by atoms with Crippen molar-refractivity contribution in [3.8, 4) is 23.0 Å². The van der Waals surface area contributed by atoms with E-state index in [1.807, 2.05) is 6.07 Å². The first-order chi connectivity index (χ1) is 17.8. The van der Waals surface area contributed by atoms with Gasteiger partial charge < -0.3 is 20.1 Å². The van der Waals surface area contributed by atoms with Crippen LogP contribution in [0.1, 0.15) is 45.5 Å². The fourth-order valence-electron chi connectivity index (χ4n) is 6.04. The molecular formula is C32H30N2O2. The maximum absolute atomic E-state index is 6.78. The predicted molar refractivity (Wildman–Crippen MR) is 142 cm³/mol. The first-order valence-corrected chi connectivity index (χ1v) is 13.0. The molecule has 4 aliphatic rings. The molecule has 4 aromatic rings. The van der Waals surface area contributed by atoms with Gasteiger partial charge in [0, 0.05) is 23.2 Å². The summed E-state index contributed by atoms with van der Waals surface area (Å²) in [6.45, 7) is 1.92. The van der Waals surface area contributed by atoms with Crippen LogP contribution in [0.15, 0.2) is 84.9 Å². The number of hydrogen-bond donors (Lipinski definition) is 2. The summed E-state index contributed by atoms with van der Waals surface area (Å²) in [7, 11) is 0. The SMILES string of the molecule is c1cc2cc(c1)Oc1ccc(cc1)C[C@@H]1NCCc3c(cccc31)Oc1cccc3c1[C@H](C2)NCC3. The van der Waals surface area contributed by atoms with E-state index in [1.165, 1.54) is 33.4 Å². The van der Waals surface area contributed by atoms with E-state index in [9.17, 15) is 0 Å². The molecule has 0 aliphatic carbocycles. The van der Waals surface area contributed by atoms with Crippen LogP contribution < -0.4 is 20.1 Å². The van der Waals surface area contributed by atoms with E-state index in [0.717, 1.165) is 61.8 Å². The number of rotatable bonds is 0. The zero-order chi connectivity index (χ0) is 23.9. The Labute approximate surface area is 212 Å². The van der Waals surface area contributed by atoms with Crippen molar-refractivity contribution in [2.75, 3.05) is 13.1 Å². The summed E-state index contributed by atoms with van der Waals surface area (Å²) in [6, 6.07) is 30.5. The first kappa shape index (κ1) is 21.7. The molecule has 0 saturated carbocycles. The van der Waals surface area contributed by atoms with Gasteiger partial charge >= 0.3 is 0 Å². The molecule has 0 radical (unpaired) electrons. The van der Waals surface area contributed by atoms with E-state index in [1.54, 1.807) is 0 Å². The topological polar surface area (TPSA) is 42.5 Å². The fraction of sp³-hybridized carbons (Fsp3) is 0.250. The second kappa shape index (κ2) is 9.12. The van der Waals surface area contributed by atoms with Gasteiger partial charge in [-0.05, 0) is 97.4 Å². The third-order valence-corrected chi connectivity index (χ3v) is 7.76. The highest BCUT2D eigenvalue weighted by Crippen LogP contribution is 2.40. The Balaban J connectivity index is 1.37. The Morgan fingerprint density at radius 1 is 0.611 bits per heavy atom. The van der Waals surface area contributed by atoms with Crippen LogP contribution in [0.4, 0.5) is 0 Å². The maximum Gasteiger partial charge on any atom is 0.132 e. The molecule has 2 atom stereocenters. The zero-order valence-electron chi connectivity index (χ0n) is 20.3. The summed E-state index contributed by atoms with van der Waals surface area (Å²) in [4.78, 5) is 0. The summed E-state index contributed by atoms with van der Waals surface area (Å²) in [5.74, 6) is 3.70. The number of hydrogen-bond acceptors (Lipinski definition) is 4. The third-order valence-electron chi connectivity index (χ3n) is 7.76. The Kier molecular flexibility index (Phi) is 5.49. The minimum Gasteiger partial charge on any atom is -0.457 e. The lowest BCUT2D eigenvalue weighted by Gasteiger charge is -2.31. The van der Waals surface area contributed by atoms with Crippen molar-refractivity contribution in [3.05, 3.63) is 118 Å². The Morgan fingerprint density at radius 2 is 1.39 bits per heavy atom. The third kappa shape index (κ3) is 4.06. The molecule has 0 amide bonds. The molecule has 0 fully saturated rings. The van der Waals surface area contributed by atoms with Crippen LogP contribution in [-0.4, -0.2) is 13.1 Å². The highest BCUT2D eigenvalue weighted by atomic mass is 16.5. The van der Waals surface area contributed by atoms with Crippen molar-refractivity contribution in [3.63, 3.8) is 0 Å². The van der Waals surface area contributed by atoms with Gasteiger partial charge in [-0.3, -0.25) is 0 Å².